The number of phenolic OH excluding ortho intramolecular Hbond substituents is 2. The minimum atomic E-state index is -2.50. The number of carbonyl (C=O) groups excluding carboxylic acids is 3. The highest BCUT2D eigenvalue weighted by Crippen LogP contribution is 2.34. The first-order valence-electron chi connectivity index (χ1n) is 21.8. The van der Waals surface area contributed by atoms with E-state index in [4.69, 9.17) is 28.4 Å². The molecule has 0 radical (unpaired) electrons. The summed E-state index contributed by atoms with van der Waals surface area (Å²) in [6.45, 7) is 5.09. The summed E-state index contributed by atoms with van der Waals surface area (Å²) in [5, 5.41) is 121. The van der Waals surface area contributed by atoms with Crippen molar-refractivity contribution in [2.45, 2.75) is 126 Å². The predicted molar refractivity (Wildman–Crippen MR) is 241 cm³/mol. The van der Waals surface area contributed by atoms with Crippen molar-refractivity contribution >= 4 is 30.0 Å². The molecule has 14 atom stereocenters. The summed E-state index contributed by atoms with van der Waals surface area (Å²) in [5.74, 6) is -5.41. The van der Waals surface area contributed by atoms with Gasteiger partial charge in [0.15, 0.2) is 29.5 Å². The first-order valence-corrected chi connectivity index (χ1v) is 21.8. The maximum atomic E-state index is 13.0. The van der Waals surface area contributed by atoms with Crippen LogP contribution >= 0.6 is 0 Å². The van der Waals surface area contributed by atoms with Crippen molar-refractivity contribution < 1.29 is 109 Å². The molecule has 22 heteroatoms. The lowest BCUT2D eigenvalue weighted by atomic mass is 9.79. The Hall–Kier alpha value is -5.86. The molecule has 4 rings (SSSR count). The van der Waals surface area contributed by atoms with Gasteiger partial charge >= 0.3 is 23.9 Å². The number of carboxylic acids is 1. The van der Waals surface area contributed by atoms with E-state index in [1.807, 2.05) is 0 Å². The molecular weight excluding hydrogens is 929 g/mol. The van der Waals surface area contributed by atoms with Crippen LogP contribution in [0.15, 0.2) is 107 Å². The molecule has 384 valence electrons. The molecule has 0 amide bonds. The van der Waals surface area contributed by atoms with Gasteiger partial charge in [0.1, 0.15) is 54.9 Å². The maximum absolute atomic E-state index is 13.0. The van der Waals surface area contributed by atoms with Gasteiger partial charge in [0.05, 0.1) is 19.3 Å². The summed E-state index contributed by atoms with van der Waals surface area (Å²) in [4.78, 5) is 50.4. The third-order valence-corrected chi connectivity index (χ3v) is 11.2. The van der Waals surface area contributed by atoms with Crippen molar-refractivity contribution in [2.75, 3.05) is 13.2 Å². The quantitative estimate of drug-likeness (QED) is 0.0291. The number of aliphatic hydroxyl groups excluding tert-OH is 8. The Balaban J connectivity index is 1.28. The molecule has 0 aromatic heterocycles. The van der Waals surface area contributed by atoms with E-state index in [9.17, 15) is 80.5 Å². The van der Waals surface area contributed by atoms with Gasteiger partial charge in [0, 0.05) is 30.1 Å². The summed E-state index contributed by atoms with van der Waals surface area (Å²) in [5.41, 5.74) is -0.549. The number of carboxylic acid groups (broad SMARTS) is 1. The molecule has 3 aliphatic rings. The lowest BCUT2D eigenvalue weighted by Crippen LogP contribution is -2.61. The lowest BCUT2D eigenvalue weighted by Gasteiger charge is -2.42. The molecular formula is C48H60O22. The molecule has 4 unspecified atom stereocenters. The Bertz CT molecular complexity index is 2260. The maximum Gasteiger partial charge on any atom is 0.336 e. The van der Waals surface area contributed by atoms with Crippen molar-refractivity contribution in [2.24, 2.45) is 0 Å². The van der Waals surface area contributed by atoms with Crippen LogP contribution in [0.25, 0.3) is 6.08 Å². The van der Waals surface area contributed by atoms with Crippen LogP contribution in [0, 0.1) is 0 Å². The summed E-state index contributed by atoms with van der Waals surface area (Å²) >= 11 is 0. The van der Waals surface area contributed by atoms with E-state index in [1.54, 1.807) is 62.5 Å². The highest BCUT2D eigenvalue weighted by Gasteiger charge is 2.53. The van der Waals surface area contributed by atoms with Gasteiger partial charge in [-0.05, 0) is 51.5 Å². The van der Waals surface area contributed by atoms with Crippen LogP contribution < -0.4 is 0 Å². The highest BCUT2D eigenvalue weighted by molar-refractivity contribution is 5.89. The molecule has 0 bridgehead atoms. The second-order valence-electron chi connectivity index (χ2n) is 16.8. The molecule has 2 saturated heterocycles. The summed E-state index contributed by atoms with van der Waals surface area (Å²) in [6, 6.07) is 3.73. The van der Waals surface area contributed by atoms with Gasteiger partial charge in [-0.1, -0.05) is 78.0 Å². The number of aliphatic carboxylic acids is 1. The number of allylic oxidation sites excluding steroid dienone is 12. The zero-order valence-corrected chi connectivity index (χ0v) is 38.4. The van der Waals surface area contributed by atoms with Crippen molar-refractivity contribution in [3.63, 3.8) is 0 Å². The fourth-order valence-corrected chi connectivity index (χ4v) is 6.99. The molecule has 1 aromatic rings. The number of carbonyl (C=O) groups is 4. The fraction of sp³-hybridized carbons (Fsp3) is 0.458. The molecule has 1 aromatic carbocycles. The van der Waals surface area contributed by atoms with Gasteiger partial charge in [0.2, 0.25) is 6.29 Å². The Labute approximate surface area is 401 Å². The largest absolute Gasteiger partial charge is 0.504 e. The second-order valence-corrected chi connectivity index (χ2v) is 16.8. The van der Waals surface area contributed by atoms with Crippen molar-refractivity contribution in [1.82, 2.24) is 0 Å². The topological polar surface area (TPSA) is 366 Å². The summed E-state index contributed by atoms with van der Waals surface area (Å²) < 4.78 is 32.1. The average molecular weight is 989 g/mol. The van der Waals surface area contributed by atoms with Crippen molar-refractivity contribution in [3.05, 3.63) is 113 Å². The van der Waals surface area contributed by atoms with E-state index in [-0.39, 0.29) is 16.9 Å². The van der Waals surface area contributed by atoms with Crippen molar-refractivity contribution in [3.8, 4) is 11.5 Å². The molecule has 3 fully saturated rings. The van der Waals surface area contributed by atoms with Crippen LogP contribution in [0.2, 0.25) is 0 Å². The van der Waals surface area contributed by atoms with Crippen LogP contribution in [0.5, 0.6) is 11.5 Å². The normalized spacial score (nSPS) is 32.7. The molecule has 2 aliphatic heterocycles. The molecule has 12 N–H and O–H groups in total. The average Bonchev–Trinajstić information content (AvgIpc) is 3.31. The zero-order chi connectivity index (χ0) is 52.0. The van der Waals surface area contributed by atoms with Crippen molar-refractivity contribution in [1.29, 1.82) is 0 Å². The second kappa shape index (κ2) is 25.8. The lowest BCUT2D eigenvalue weighted by molar-refractivity contribution is -0.326. The summed E-state index contributed by atoms with van der Waals surface area (Å²) in [7, 11) is 0. The number of hydrogen-bond donors (Lipinski definition) is 12. The molecule has 1 aliphatic carbocycles. The molecule has 2 heterocycles. The molecule has 1 saturated carbocycles. The minimum absolute atomic E-state index is 0.0659. The van der Waals surface area contributed by atoms with E-state index in [0.717, 1.165) is 23.3 Å². The number of aromatic hydroxyl groups is 2. The Kier molecular flexibility index (Phi) is 20.9. The minimum Gasteiger partial charge on any atom is -0.504 e. The van der Waals surface area contributed by atoms with E-state index in [0.29, 0.717) is 5.56 Å². The standard InChI is InChI=1S/C48H60O22/c1-24(11-7-13-26(3)43(60)69-42-31(52)20-48(64,47(62)63)21-32(42)66-35(53)18-16-28-15-17-29(50)30(51)19-28)9-5-6-10-25(2)12-8-14-27(4)44(61)70-46-41(59)39(57)37(55)34(68-46)23-65-45-40(58)38(56)36(54)33(22-49)67-45/h5-19,31-34,36-42,45-46,49-52,54-59,64H,20-23H2,1-4H3,(H,62,63)/b6-5+,11-7+,12-8+,18-16+,24-9+,25-10+,26-13+,27-14+/t31-,32+,33?,34?,36+,37+,38-,39-,40?,41?,42+,45+,46-,48+/m0/s1. The Morgan fingerprint density at radius 1 is 0.657 bits per heavy atom. The fourth-order valence-electron chi connectivity index (χ4n) is 6.99. The van der Waals surface area contributed by atoms with Gasteiger partial charge in [-0.2, -0.15) is 0 Å². The van der Waals surface area contributed by atoms with Gasteiger partial charge in [-0.25, -0.2) is 19.2 Å². The monoisotopic (exact) mass is 988 g/mol. The van der Waals surface area contributed by atoms with Gasteiger partial charge in [0.25, 0.3) is 0 Å². The molecule has 70 heavy (non-hydrogen) atoms. The predicted octanol–water partition coefficient (Wildman–Crippen LogP) is -0.474. The zero-order valence-electron chi connectivity index (χ0n) is 38.4. The molecule has 22 nitrogen and oxygen atoms in total. The van der Waals surface area contributed by atoms with Crippen LogP contribution in [0.3, 0.4) is 0 Å². The number of aliphatic hydroxyl groups is 9. The van der Waals surface area contributed by atoms with E-state index in [1.165, 1.54) is 44.2 Å². The number of phenols is 2. The van der Waals surface area contributed by atoms with E-state index in [2.05, 4.69) is 0 Å². The third kappa shape index (κ3) is 15.6. The summed E-state index contributed by atoms with van der Waals surface area (Å²) in [6.07, 6.45) is -4.47. The number of benzene rings is 1. The van der Waals surface area contributed by atoms with E-state index < -0.39 is 141 Å². The van der Waals surface area contributed by atoms with E-state index >= 15 is 0 Å². The first-order chi connectivity index (χ1) is 33.0. The smallest absolute Gasteiger partial charge is 0.336 e. The van der Waals surface area contributed by atoms with Gasteiger partial charge in [-0.15, -0.1) is 0 Å². The number of rotatable bonds is 18. The first kappa shape index (κ1) is 56.7. The number of esters is 3. The van der Waals surface area contributed by atoms with Crippen LogP contribution in [-0.2, 0) is 47.6 Å². The van der Waals surface area contributed by atoms with Gasteiger partial charge < -0.3 is 89.7 Å². The SMILES string of the molecule is CC(/C=C/C=C(\C)C(=O)O[C@@H]1OC(CO[C@@H]2OC(CO)[C@@H](O)[C@H](O)C2O)[C@@H](O)[C@H](O)C1O)=C\C=C\C=C(C)\C=C\C=C(/C)C(=O)O[C@@H]1[C@@H](O)C[C@](O)(C(=O)O)C[C@H]1OC(=O)/C=C/c1ccc(O)c(O)c1. The van der Waals surface area contributed by atoms with Crippen LogP contribution in [0.1, 0.15) is 46.1 Å². The van der Waals surface area contributed by atoms with Crippen LogP contribution in [0.4, 0.5) is 0 Å². The van der Waals surface area contributed by atoms with Crippen LogP contribution in [-0.4, -0.2) is 184 Å². The number of hydrogen-bond acceptors (Lipinski definition) is 21. The Morgan fingerprint density at radius 2 is 1.20 bits per heavy atom. The number of ether oxygens (including phenoxy) is 6. The third-order valence-electron chi connectivity index (χ3n) is 11.2. The molecule has 0 spiro atoms. The highest BCUT2D eigenvalue weighted by atomic mass is 16.7. The van der Waals surface area contributed by atoms with Gasteiger partial charge in [-0.3, -0.25) is 0 Å². The Morgan fingerprint density at radius 3 is 1.76 bits per heavy atom.